The first-order valence-corrected chi connectivity index (χ1v) is 8.45. The minimum absolute atomic E-state index is 0.0487. The number of nitrogen functional groups attached to an aromatic ring is 1. The van der Waals surface area contributed by atoms with Crippen molar-refractivity contribution in [3.05, 3.63) is 36.0 Å². The molecule has 10 nitrogen and oxygen atoms in total. The van der Waals surface area contributed by atoms with Crippen LogP contribution in [0.4, 0.5) is 21.9 Å². The van der Waals surface area contributed by atoms with Gasteiger partial charge in [-0.3, -0.25) is 10.0 Å². The van der Waals surface area contributed by atoms with E-state index in [0.717, 1.165) is 12.3 Å². The van der Waals surface area contributed by atoms with Gasteiger partial charge in [-0.05, 0) is 29.2 Å². The smallest absolute Gasteiger partial charge is 0.465 e. The molecule has 1 aromatic carbocycles. The van der Waals surface area contributed by atoms with Crippen LogP contribution in [0, 0.1) is 0 Å². The fourth-order valence-corrected chi connectivity index (χ4v) is 3.48. The Morgan fingerprint density at radius 3 is 2.76 bits per heavy atom. The van der Waals surface area contributed by atoms with Gasteiger partial charge in [-0.2, -0.15) is 8.42 Å². The number of fused-ring (bicyclic) bond motifs is 1. The number of amides is 1. The number of aromatic nitrogens is 1. The topological polar surface area (TPSA) is 164 Å². The van der Waals surface area contributed by atoms with Crippen LogP contribution in [0.5, 0.6) is 0 Å². The summed E-state index contributed by atoms with van der Waals surface area (Å²) in [5.74, 6) is 0. The molecule has 3 rings (SSSR count). The molecule has 2 aromatic rings. The van der Waals surface area contributed by atoms with Gasteiger partial charge in [0.15, 0.2) is 5.03 Å². The summed E-state index contributed by atoms with van der Waals surface area (Å²) >= 11 is 0. The zero-order chi connectivity index (χ0) is 18.2. The lowest BCUT2D eigenvalue weighted by Gasteiger charge is -2.11. The summed E-state index contributed by atoms with van der Waals surface area (Å²) in [6, 6.07) is 5.73. The minimum atomic E-state index is -4.08. The van der Waals surface area contributed by atoms with E-state index in [1.807, 2.05) is 5.32 Å². The number of sulfonamides is 1. The summed E-state index contributed by atoms with van der Waals surface area (Å²) in [7, 11) is -5.11. The molecular formula is C13H13BN4O6S. The standard InChI is InChI=1S/C13H13BN4O6S/c15-11-4-9(17-13(19)20)5-16-12(11)25(22,23)18-8-1-2-10-7(3-8)6-24-14(10)21/h1-5,17-18,21H,6,15H2,(H,19,20). The molecule has 0 saturated heterocycles. The maximum Gasteiger partial charge on any atom is 0.491 e. The van der Waals surface area contributed by atoms with Gasteiger partial charge in [0.1, 0.15) is 0 Å². The second-order valence-electron chi connectivity index (χ2n) is 5.23. The summed E-state index contributed by atoms with van der Waals surface area (Å²) in [5.41, 5.74) is 7.01. The number of nitrogens with two attached hydrogens (primary N) is 1. The van der Waals surface area contributed by atoms with Gasteiger partial charge in [0.05, 0.1) is 24.2 Å². The Hall–Kier alpha value is -2.83. The Kier molecular flexibility index (Phi) is 4.24. The van der Waals surface area contributed by atoms with Crippen LogP contribution in [0.15, 0.2) is 35.5 Å². The first-order chi connectivity index (χ1) is 11.8. The van der Waals surface area contributed by atoms with E-state index in [0.29, 0.717) is 11.0 Å². The van der Waals surface area contributed by atoms with Crippen molar-refractivity contribution < 1.29 is 28.0 Å². The highest BCUT2D eigenvalue weighted by molar-refractivity contribution is 7.92. The number of pyridine rings is 1. The fourth-order valence-electron chi connectivity index (χ4n) is 2.38. The highest BCUT2D eigenvalue weighted by Gasteiger charge is 2.28. The average molecular weight is 364 g/mol. The molecule has 0 radical (unpaired) electrons. The van der Waals surface area contributed by atoms with Gasteiger partial charge < -0.3 is 20.5 Å². The molecule has 0 aliphatic carbocycles. The number of nitrogens with one attached hydrogen (secondary N) is 2. The van der Waals surface area contributed by atoms with Crippen molar-refractivity contribution in [3.63, 3.8) is 0 Å². The number of carbonyl (C=O) groups is 1. The van der Waals surface area contributed by atoms with E-state index in [4.69, 9.17) is 15.5 Å². The van der Waals surface area contributed by atoms with E-state index in [1.165, 1.54) is 6.07 Å². The van der Waals surface area contributed by atoms with Crippen molar-refractivity contribution >= 4 is 45.8 Å². The Bertz CT molecular complexity index is 952. The zero-order valence-corrected chi connectivity index (χ0v) is 13.4. The van der Waals surface area contributed by atoms with E-state index >= 15 is 0 Å². The maximum absolute atomic E-state index is 12.4. The van der Waals surface area contributed by atoms with Crippen molar-refractivity contribution in [2.45, 2.75) is 11.6 Å². The third-order valence-electron chi connectivity index (χ3n) is 3.44. The molecule has 1 aromatic heterocycles. The number of nitrogens with zero attached hydrogens (tertiary/aromatic N) is 1. The van der Waals surface area contributed by atoms with Gasteiger partial charge in [0, 0.05) is 5.69 Å². The van der Waals surface area contributed by atoms with Gasteiger partial charge in [0.25, 0.3) is 10.0 Å². The highest BCUT2D eigenvalue weighted by Crippen LogP contribution is 2.23. The molecule has 1 aliphatic heterocycles. The zero-order valence-electron chi connectivity index (χ0n) is 12.6. The van der Waals surface area contributed by atoms with Crippen LogP contribution in [0.2, 0.25) is 0 Å². The quantitative estimate of drug-likeness (QED) is 0.464. The molecule has 2 heterocycles. The Morgan fingerprint density at radius 1 is 1.32 bits per heavy atom. The Balaban J connectivity index is 1.86. The summed E-state index contributed by atoms with van der Waals surface area (Å²) in [5, 5.41) is 19.8. The van der Waals surface area contributed by atoms with Crippen molar-refractivity contribution in [1.29, 1.82) is 0 Å². The molecule has 25 heavy (non-hydrogen) atoms. The fraction of sp³-hybridized carbons (Fsp3) is 0.0769. The van der Waals surface area contributed by atoms with Crippen molar-refractivity contribution in [1.82, 2.24) is 4.98 Å². The van der Waals surface area contributed by atoms with Gasteiger partial charge in [-0.1, -0.05) is 6.07 Å². The van der Waals surface area contributed by atoms with Crippen LogP contribution in [0.25, 0.3) is 0 Å². The largest absolute Gasteiger partial charge is 0.491 e. The summed E-state index contributed by atoms with van der Waals surface area (Å²) in [4.78, 5) is 14.3. The summed E-state index contributed by atoms with van der Waals surface area (Å²) < 4.78 is 32.3. The lowest BCUT2D eigenvalue weighted by molar-refractivity contribution is 0.209. The first kappa shape index (κ1) is 17.0. The van der Waals surface area contributed by atoms with E-state index in [-0.39, 0.29) is 23.7 Å². The van der Waals surface area contributed by atoms with Crippen molar-refractivity contribution in [2.75, 3.05) is 15.8 Å². The normalized spacial score (nSPS) is 13.4. The van der Waals surface area contributed by atoms with E-state index in [2.05, 4.69) is 9.71 Å². The van der Waals surface area contributed by atoms with Crippen LogP contribution in [0.1, 0.15) is 5.56 Å². The van der Waals surface area contributed by atoms with Crippen LogP contribution < -0.4 is 21.2 Å². The van der Waals surface area contributed by atoms with E-state index < -0.39 is 28.3 Å². The SMILES string of the molecule is Nc1cc(NC(=O)O)cnc1S(=O)(=O)Nc1ccc2c(c1)COB2O. The molecule has 0 saturated carbocycles. The van der Waals surface area contributed by atoms with Gasteiger partial charge in [-0.15, -0.1) is 0 Å². The molecule has 130 valence electrons. The van der Waals surface area contributed by atoms with Crippen LogP contribution in [-0.2, 0) is 21.3 Å². The summed E-state index contributed by atoms with van der Waals surface area (Å²) in [6.07, 6.45) is -0.274. The monoisotopic (exact) mass is 364 g/mol. The molecule has 0 bridgehead atoms. The molecule has 1 aliphatic rings. The molecule has 0 atom stereocenters. The minimum Gasteiger partial charge on any atom is -0.465 e. The van der Waals surface area contributed by atoms with Crippen LogP contribution in [0.3, 0.4) is 0 Å². The second-order valence-corrected chi connectivity index (χ2v) is 6.83. The van der Waals surface area contributed by atoms with Crippen LogP contribution >= 0.6 is 0 Å². The third kappa shape index (κ3) is 3.50. The number of hydrogen-bond donors (Lipinski definition) is 5. The number of rotatable bonds is 4. The lowest BCUT2D eigenvalue weighted by atomic mass is 9.79. The number of benzene rings is 1. The van der Waals surface area contributed by atoms with Crippen molar-refractivity contribution in [2.24, 2.45) is 0 Å². The molecule has 0 unspecified atom stereocenters. The molecular weight excluding hydrogens is 351 g/mol. The second kappa shape index (κ2) is 6.24. The lowest BCUT2D eigenvalue weighted by Crippen LogP contribution is -2.28. The van der Waals surface area contributed by atoms with Crippen molar-refractivity contribution in [3.8, 4) is 0 Å². The average Bonchev–Trinajstić information content (AvgIpc) is 2.87. The molecule has 0 fully saturated rings. The Labute approximate surface area is 142 Å². The number of hydrogen-bond acceptors (Lipinski definition) is 7. The number of anilines is 3. The Morgan fingerprint density at radius 2 is 2.08 bits per heavy atom. The van der Waals surface area contributed by atoms with Crippen LogP contribution in [-0.4, -0.2) is 36.7 Å². The predicted octanol–water partition coefficient (Wildman–Crippen LogP) is -0.228. The van der Waals surface area contributed by atoms with Gasteiger partial charge in [0.2, 0.25) is 0 Å². The molecule has 0 spiro atoms. The molecule has 6 N–H and O–H groups in total. The maximum atomic E-state index is 12.4. The van der Waals surface area contributed by atoms with Gasteiger partial charge in [-0.25, -0.2) is 9.78 Å². The molecule has 1 amide bonds. The van der Waals surface area contributed by atoms with E-state index in [9.17, 15) is 18.2 Å². The predicted molar refractivity (Wildman–Crippen MR) is 89.9 cm³/mol. The van der Waals surface area contributed by atoms with E-state index in [1.54, 1.807) is 12.1 Å². The first-order valence-electron chi connectivity index (χ1n) is 6.97. The van der Waals surface area contributed by atoms with Gasteiger partial charge >= 0.3 is 13.2 Å². The third-order valence-corrected chi connectivity index (χ3v) is 4.80. The number of carboxylic acid groups (broad SMARTS) is 1. The summed E-state index contributed by atoms with van der Waals surface area (Å²) in [6.45, 7) is 0.169. The molecule has 12 heteroatoms. The highest BCUT2D eigenvalue weighted by atomic mass is 32.2.